The van der Waals surface area contributed by atoms with Crippen molar-refractivity contribution in [3.63, 3.8) is 0 Å². The van der Waals surface area contributed by atoms with Gasteiger partial charge in [0.2, 0.25) is 5.91 Å². The van der Waals surface area contributed by atoms with Crippen LogP contribution in [0.4, 0.5) is 0 Å². The van der Waals surface area contributed by atoms with Crippen LogP contribution in [-0.2, 0) is 17.8 Å². The topological polar surface area (TPSA) is 32.8 Å². The van der Waals surface area contributed by atoms with Crippen molar-refractivity contribution in [2.75, 3.05) is 20.2 Å². The van der Waals surface area contributed by atoms with Gasteiger partial charge >= 0.3 is 0 Å². The molecule has 2 aromatic carbocycles. The fraction of sp³-hybridized carbons (Fsp3) is 0.435. The van der Waals surface area contributed by atoms with E-state index >= 15 is 0 Å². The predicted octanol–water partition coefficient (Wildman–Crippen LogP) is 3.75. The smallest absolute Gasteiger partial charge is 0.223 e. The van der Waals surface area contributed by atoms with E-state index in [0.717, 1.165) is 37.4 Å². The Hall–Kier alpha value is -2.33. The van der Waals surface area contributed by atoms with Gasteiger partial charge in [0.15, 0.2) is 0 Å². The maximum atomic E-state index is 12.8. The van der Waals surface area contributed by atoms with E-state index in [-0.39, 0.29) is 5.91 Å². The van der Waals surface area contributed by atoms with Gasteiger partial charge in [0.25, 0.3) is 0 Å². The van der Waals surface area contributed by atoms with Crippen LogP contribution >= 0.6 is 0 Å². The zero-order chi connectivity index (χ0) is 19.2. The van der Waals surface area contributed by atoms with E-state index in [4.69, 9.17) is 4.74 Å². The third kappa shape index (κ3) is 5.10. The van der Waals surface area contributed by atoms with E-state index in [9.17, 15) is 4.79 Å². The van der Waals surface area contributed by atoms with E-state index in [0.29, 0.717) is 18.5 Å². The monoisotopic (exact) mass is 366 g/mol. The Labute approximate surface area is 162 Å². The molecule has 0 saturated carbocycles. The first-order valence-corrected chi connectivity index (χ1v) is 9.77. The van der Waals surface area contributed by atoms with Gasteiger partial charge in [0, 0.05) is 38.1 Å². The molecule has 1 fully saturated rings. The number of amides is 1. The maximum Gasteiger partial charge on any atom is 0.223 e. The van der Waals surface area contributed by atoms with E-state index in [1.807, 2.05) is 23.1 Å². The average molecular weight is 367 g/mol. The van der Waals surface area contributed by atoms with Gasteiger partial charge in [-0.1, -0.05) is 42.5 Å². The fourth-order valence-electron chi connectivity index (χ4n) is 3.90. The molecule has 0 aliphatic carbocycles. The zero-order valence-electron chi connectivity index (χ0n) is 16.6. The minimum Gasteiger partial charge on any atom is -0.497 e. The molecule has 2 atom stereocenters. The number of carbonyl (C=O) groups is 1. The lowest BCUT2D eigenvalue weighted by Gasteiger charge is -2.44. The summed E-state index contributed by atoms with van der Waals surface area (Å²) in [5.41, 5.74) is 2.47. The lowest BCUT2D eigenvalue weighted by molar-refractivity contribution is -0.135. The van der Waals surface area contributed by atoms with E-state index in [1.54, 1.807) is 7.11 Å². The van der Waals surface area contributed by atoms with Crippen LogP contribution in [0, 0.1) is 0 Å². The van der Waals surface area contributed by atoms with Crippen LogP contribution < -0.4 is 4.74 Å². The molecule has 2 aromatic rings. The van der Waals surface area contributed by atoms with Crippen LogP contribution in [0.25, 0.3) is 0 Å². The van der Waals surface area contributed by atoms with Gasteiger partial charge in [-0.2, -0.15) is 0 Å². The molecule has 27 heavy (non-hydrogen) atoms. The first kappa shape index (κ1) is 19.4. The van der Waals surface area contributed by atoms with Gasteiger partial charge in [-0.3, -0.25) is 9.69 Å². The lowest BCUT2D eigenvalue weighted by Crippen LogP contribution is -2.57. The lowest BCUT2D eigenvalue weighted by atomic mass is 10.0. The molecule has 1 aliphatic rings. The van der Waals surface area contributed by atoms with E-state index in [1.165, 1.54) is 5.56 Å². The summed E-state index contributed by atoms with van der Waals surface area (Å²) in [7, 11) is 1.67. The number of hydrogen-bond acceptors (Lipinski definition) is 3. The van der Waals surface area contributed by atoms with Crippen molar-refractivity contribution in [2.45, 2.75) is 45.3 Å². The van der Waals surface area contributed by atoms with Gasteiger partial charge in [-0.15, -0.1) is 0 Å². The van der Waals surface area contributed by atoms with Crippen molar-refractivity contribution in [1.29, 1.82) is 0 Å². The van der Waals surface area contributed by atoms with Crippen LogP contribution in [-0.4, -0.2) is 48.0 Å². The first-order valence-electron chi connectivity index (χ1n) is 9.77. The normalized spacial score (nSPS) is 20.5. The molecular weight excluding hydrogens is 336 g/mol. The highest BCUT2D eigenvalue weighted by Gasteiger charge is 2.31. The summed E-state index contributed by atoms with van der Waals surface area (Å²) < 4.78 is 5.27. The number of aryl methyl sites for hydroxylation is 1. The summed E-state index contributed by atoms with van der Waals surface area (Å²) in [6.45, 7) is 6.99. The Kier molecular flexibility index (Phi) is 6.51. The molecule has 0 aromatic heterocycles. The maximum absolute atomic E-state index is 12.8. The van der Waals surface area contributed by atoms with Gasteiger partial charge in [-0.05, 0) is 43.5 Å². The number of carbonyl (C=O) groups excluding carboxylic acids is 1. The Morgan fingerprint density at radius 2 is 1.67 bits per heavy atom. The molecule has 1 aliphatic heterocycles. The third-order valence-corrected chi connectivity index (χ3v) is 5.42. The van der Waals surface area contributed by atoms with E-state index in [2.05, 4.69) is 55.1 Å². The summed E-state index contributed by atoms with van der Waals surface area (Å²) in [5, 5.41) is 0. The van der Waals surface area contributed by atoms with Crippen molar-refractivity contribution >= 4 is 5.91 Å². The van der Waals surface area contributed by atoms with Gasteiger partial charge in [0.1, 0.15) is 5.75 Å². The van der Waals surface area contributed by atoms with Gasteiger partial charge in [0.05, 0.1) is 7.11 Å². The summed E-state index contributed by atoms with van der Waals surface area (Å²) >= 11 is 0. The SMILES string of the molecule is COc1cccc(CCC(=O)N2CC(C)N(Cc3ccccc3)C(C)C2)c1. The van der Waals surface area contributed by atoms with Crippen LogP contribution in [0.5, 0.6) is 5.75 Å². The Morgan fingerprint density at radius 3 is 2.33 bits per heavy atom. The zero-order valence-corrected chi connectivity index (χ0v) is 16.6. The minimum absolute atomic E-state index is 0.246. The molecule has 3 rings (SSSR count). The molecule has 2 unspecified atom stereocenters. The standard InChI is InChI=1S/C23H30N2O2/c1-18-15-24(16-19(2)25(18)17-21-8-5-4-6-9-21)23(26)13-12-20-10-7-11-22(14-20)27-3/h4-11,14,18-19H,12-13,15-17H2,1-3H3. The molecule has 0 N–H and O–H groups in total. The Morgan fingerprint density at radius 1 is 1.00 bits per heavy atom. The van der Waals surface area contributed by atoms with E-state index < -0.39 is 0 Å². The largest absolute Gasteiger partial charge is 0.497 e. The fourth-order valence-corrected chi connectivity index (χ4v) is 3.90. The van der Waals surface area contributed by atoms with Crippen molar-refractivity contribution in [3.8, 4) is 5.75 Å². The number of piperazine rings is 1. The van der Waals surface area contributed by atoms with Crippen molar-refractivity contribution in [2.24, 2.45) is 0 Å². The highest BCUT2D eigenvalue weighted by atomic mass is 16.5. The number of methoxy groups -OCH3 is 1. The summed E-state index contributed by atoms with van der Waals surface area (Å²) in [6, 6.07) is 19.3. The second kappa shape index (κ2) is 9.05. The second-order valence-corrected chi connectivity index (χ2v) is 7.51. The summed E-state index contributed by atoms with van der Waals surface area (Å²) in [4.78, 5) is 17.3. The number of ether oxygens (including phenoxy) is 1. The number of hydrogen-bond donors (Lipinski definition) is 0. The highest BCUT2D eigenvalue weighted by Crippen LogP contribution is 2.20. The summed E-state index contributed by atoms with van der Waals surface area (Å²) in [5.74, 6) is 1.09. The molecule has 4 nitrogen and oxygen atoms in total. The Balaban J connectivity index is 1.54. The Bertz CT molecular complexity index is 735. The van der Waals surface area contributed by atoms with Crippen molar-refractivity contribution < 1.29 is 9.53 Å². The molecule has 0 spiro atoms. The van der Waals surface area contributed by atoms with Crippen LogP contribution in [0.3, 0.4) is 0 Å². The molecule has 144 valence electrons. The minimum atomic E-state index is 0.246. The van der Waals surface area contributed by atoms with Crippen molar-refractivity contribution in [3.05, 3.63) is 65.7 Å². The molecule has 4 heteroatoms. The van der Waals surface area contributed by atoms with Crippen LogP contribution in [0.2, 0.25) is 0 Å². The number of nitrogens with zero attached hydrogens (tertiary/aromatic N) is 2. The second-order valence-electron chi connectivity index (χ2n) is 7.51. The third-order valence-electron chi connectivity index (χ3n) is 5.42. The van der Waals surface area contributed by atoms with Crippen LogP contribution in [0.1, 0.15) is 31.4 Å². The molecule has 1 heterocycles. The quantitative estimate of drug-likeness (QED) is 0.781. The molecular formula is C23H30N2O2. The molecule has 0 bridgehead atoms. The van der Waals surface area contributed by atoms with Gasteiger partial charge in [-0.25, -0.2) is 0 Å². The highest BCUT2D eigenvalue weighted by molar-refractivity contribution is 5.76. The average Bonchev–Trinajstić information content (AvgIpc) is 2.69. The number of rotatable bonds is 6. The number of benzene rings is 2. The van der Waals surface area contributed by atoms with Gasteiger partial charge < -0.3 is 9.64 Å². The predicted molar refractivity (Wildman–Crippen MR) is 109 cm³/mol. The first-order chi connectivity index (χ1) is 13.1. The molecule has 0 radical (unpaired) electrons. The summed E-state index contributed by atoms with van der Waals surface area (Å²) in [6.07, 6.45) is 1.30. The molecule has 1 saturated heterocycles. The van der Waals surface area contributed by atoms with Crippen molar-refractivity contribution in [1.82, 2.24) is 9.80 Å². The molecule has 1 amide bonds. The van der Waals surface area contributed by atoms with Crippen LogP contribution in [0.15, 0.2) is 54.6 Å².